The second-order valence-electron chi connectivity index (χ2n) is 6.98. The Balaban J connectivity index is 1.55. The van der Waals surface area contributed by atoms with Crippen molar-refractivity contribution < 1.29 is 4.79 Å². The molecule has 0 fully saturated rings. The molecule has 0 atom stereocenters. The Hall–Kier alpha value is -3.54. The first-order chi connectivity index (χ1) is 13.5. The van der Waals surface area contributed by atoms with Gasteiger partial charge in [0.2, 0.25) is 5.91 Å². The molecule has 0 unspecified atom stereocenters. The summed E-state index contributed by atoms with van der Waals surface area (Å²) >= 11 is 0. The van der Waals surface area contributed by atoms with Gasteiger partial charge in [0.15, 0.2) is 11.5 Å². The van der Waals surface area contributed by atoms with Crippen molar-refractivity contribution in [3.63, 3.8) is 0 Å². The van der Waals surface area contributed by atoms with Crippen LogP contribution >= 0.6 is 0 Å². The topological polar surface area (TPSA) is 63.4 Å². The van der Waals surface area contributed by atoms with Crippen LogP contribution in [-0.2, 0) is 11.3 Å². The number of carbonyl (C=O) groups is 1. The number of likely N-dealkylation sites (N-methyl/N-ethyl adjacent to an activating group) is 1. The summed E-state index contributed by atoms with van der Waals surface area (Å²) in [5.74, 6) is 0.423. The molecule has 2 aromatic heterocycles. The predicted molar refractivity (Wildman–Crippen MR) is 110 cm³/mol. The standard InChI is InChI=1S/C22H21N5O/c1-15-8-9-18(16(2)12-15)14-26(3)21(28)11-10-20-24-25-22-19-7-5-4-6-17(19)13-23-27(20)22/h4-13H,14H2,1-3H3/b11-10+. The van der Waals surface area contributed by atoms with Crippen LogP contribution in [0.4, 0.5) is 0 Å². The Labute approximate surface area is 163 Å². The predicted octanol–water partition coefficient (Wildman–Crippen LogP) is 3.57. The van der Waals surface area contributed by atoms with Crippen LogP contribution in [0.3, 0.4) is 0 Å². The molecule has 140 valence electrons. The molecule has 2 aromatic carbocycles. The van der Waals surface area contributed by atoms with Crippen LogP contribution in [0.2, 0.25) is 0 Å². The summed E-state index contributed by atoms with van der Waals surface area (Å²) in [6, 6.07) is 14.1. The highest BCUT2D eigenvalue weighted by Gasteiger charge is 2.10. The molecule has 0 bridgehead atoms. The number of hydrogen-bond acceptors (Lipinski definition) is 4. The van der Waals surface area contributed by atoms with Gasteiger partial charge in [0.25, 0.3) is 0 Å². The number of amides is 1. The van der Waals surface area contributed by atoms with E-state index in [1.165, 1.54) is 17.2 Å². The average Bonchev–Trinajstić information content (AvgIpc) is 3.11. The first-order valence-corrected chi connectivity index (χ1v) is 9.11. The van der Waals surface area contributed by atoms with Gasteiger partial charge in [-0.25, -0.2) is 0 Å². The molecule has 1 amide bonds. The molecule has 0 spiro atoms. The van der Waals surface area contributed by atoms with Crippen LogP contribution in [0.25, 0.3) is 22.5 Å². The summed E-state index contributed by atoms with van der Waals surface area (Å²) in [6.45, 7) is 4.68. The van der Waals surface area contributed by atoms with Crippen molar-refractivity contribution in [1.29, 1.82) is 0 Å². The zero-order valence-electron chi connectivity index (χ0n) is 16.1. The molecule has 0 saturated carbocycles. The largest absolute Gasteiger partial charge is 0.338 e. The molecular weight excluding hydrogens is 350 g/mol. The number of carbonyl (C=O) groups excluding carboxylic acids is 1. The lowest BCUT2D eigenvalue weighted by Gasteiger charge is -2.17. The Morgan fingerprint density at radius 2 is 1.96 bits per heavy atom. The first kappa shape index (κ1) is 17.9. The molecule has 0 aliphatic carbocycles. The number of aromatic nitrogens is 4. The fourth-order valence-electron chi connectivity index (χ4n) is 3.24. The second-order valence-corrected chi connectivity index (χ2v) is 6.98. The van der Waals surface area contributed by atoms with Crippen LogP contribution in [0.1, 0.15) is 22.5 Å². The monoisotopic (exact) mass is 371 g/mol. The Morgan fingerprint density at radius 3 is 2.79 bits per heavy atom. The van der Waals surface area contributed by atoms with Gasteiger partial charge in [-0.1, -0.05) is 48.0 Å². The van der Waals surface area contributed by atoms with Crippen LogP contribution in [0.15, 0.2) is 54.7 Å². The van der Waals surface area contributed by atoms with E-state index in [-0.39, 0.29) is 5.91 Å². The zero-order valence-corrected chi connectivity index (χ0v) is 16.1. The van der Waals surface area contributed by atoms with Crippen LogP contribution in [0, 0.1) is 13.8 Å². The van der Waals surface area contributed by atoms with Gasteiger partial charge in [-0.05, 0) is 31.1 Å². The highest BCUT2D eigenvalue weighted by molar-refractivity contribution is 5.94. The summed E-state index contributed by atoms with van der Waals surface area (Å²) in [5.41, 5.74) is 4.21. The van der Waals surface area contributed by atoms with E-state index < -0.39 is 0 Å². The lowest BCUT2D eigenvalue weighted by molar-refractivity contribution is -0.125. The smallest absolute Gasteiger partial charge is 0.246 e. The zero-order chi connectivity index (χ0) is 19.7. The summed E-state index contributed by atoms with van der Waals surface area (Å²) < 4.78 is 1.65. The lowest BCUT2D eigenvalue weighted by atomic mass is 10.1. The molecule has 0 N–H and O–H groups in total. The fourth-order valence-corrected chi connectivity index (χ4v) is 3.24. The van der Waals surface area contributed by atoms with Gasteiger partial charge in [0, 0.05) is 30.4 Å². The Kier molecular flexibility index (Phi) is 4.61. The van der Waals surface area contributed by atoms with Crippen LogP contribution < -0.4 is 0 Å². The fraction of sp³-hybridized carbons (Fsp3) is 0.182. The molecule has 6 heteroatoms. The molecule has 0 aliphatic rings. The molecule has 0 aliphatic heterocycles. The van der Waals surface area contributed by atoms with E-state index in [1.54, 1.807) is 28.7 Å². The maximum absolute atomic E-state index is 12.5. The normalized spacial score (nSPS) is 11.5. The van der Waals surface area contributed by atoms with Crippen molar-refractivity contribution in [2.75, 3.05) is 7.05 Å². The minimum atomic E-state index is -0.0995. The van der Waals surface area contributed by atoms with Crippen molar-refractivity contribution in [2.45, 2.75) is 20.4 Å². The SMILES string of the molecule is Cc1ccc(CN(C)C(=O)/C=C/c2nnc3c4ccccc4cnn23)c(C)c1. The highest BCUT2D eigenvalue weighted by Crippen LogP contribution is 2.18. The van der Waals surface area contributed by atoms with E-state index in [1.807, 2.05) is 24.3 Å². The summed E-state index contributed by atoms with van der Waals surface area (Å²) in [4.78, 5) is 14.2. The highest BCUT2D eigenvalue weighted by atomic mass is 16.2. The van der Waals surface area contributed by atoms with Crippen molar-refractivity contribution in [1.82, 2.24) is 24.7 Å². The number of fused-ring (bicyclic) bond motifs is 3. The van der Waals surface area contributed by atoms with Gasteiger partial charge in [-0.2, -0.15) is 9.61 Å². The number of hydrogen-bond donors (Lipinski definition) is 0. The number of benzene rings is 2. The average molecular weight is 371 g/mol. The molecule has 0 saturated heterocycles. The molecule has 6 nitrogen and oxygen atoms in total. The van der Waals surface area contributed by atoms with Crippen molar-refractivity contribution in [3.8, 4) is 0 Å². The van der Waals surface area contributed by atoms with Gasteiger partial charge in [0.1, 0.15) is 0 Å². The minimum absolute atomic E-state index is 0.0995. The van der Waals surface area contributed by atoms with Gasteiger partial charge in [0.05, 0.1) is 6.20 Å². The van der Waals surface area contributed by atoms with E-state index in [0.717, 1.165) is 16.3 Å². The van der Waals surface area contributed by atoms with Crippen molar-refractivity contribution >= 4 is 28.4 Å². The van der Waals surface area contributed by atoms with Gasteiger partial charge in [-0.15, -0.1) is 10.2 Å². The lowest BCUT2D eigenvalue weighted by Crippen LogP contribution is -2.24. The van der Waals surface area contributed by atoms with Crippen LogP contribution in [-0.4, -0.2) is 37.7 Å². The number of nitrogens with zero attached hydrogens (tertiary/aromatic N) is 5. The minimum Gasteiger partial charge on any atom is -0.338 e. The maximum atomic E-state index is 12.5. The molecule has 4 rings (SSSR count). The molecular formula is C22H21N5O. The number of aryl methyl sites for hydroxylation is 2. The summed E-state index contributed by atoms with van der Waals surface area (Å²) in [6.07, 6.45) is 4.94. The van der Waals surface area contributed by atoms with E-state index in [2.05, 4.69) is 47.3 Å². The third-order valence-electron chi connectivity index (χ3n) is 4.84. The maximum Gasteiger partial charge on any atom is 0.246 e. The summed E-state index contributed by atoms with van der Waals surface area (Å²) in [5, 5.41) is 14.8. The van der Waals surface area contributed by atoms with Crippen molar-refractivity contribution in [2.24, 2.45) is 0 Å². The third kappa shape index (κ3) is 3.36. The Bertz CT molecular complexity index is 1210. The quantitative estimate of drug-likeness (QED) is 0.515. The summed E-state index contributed by atoms with van der Waals surface area (Å²) in [7, 11) is 1.79. The molecule has 2 heterocycles. The van der Waals surface area contributed by atoms with Crippen LogP contribution in [0.5, 0.6) is 0 Å². The van der Waals surface area contributed by atoms with E-state index >= 15 is 0 Å². The van der Waals surface area contributed by atoms with Gasteiger partial charge >= 0.3 is 0 Å². The second kappa shape index (κ2) is 7.23. The Morgan fingerprint density at radius 1 is 1.14 bits per heavy atom. The molecule has 0 radical (unpaired) electrons. The van der Waals surface area contributed by atoms with E-state index in [9.17, 15) is 4.79 Å². The van der Waals surface area contributed by atoms with E-state index in [4.69, 9.17) is 0 Å². The van der Waals surface area contributed by atoms with Crippen molar-refractivity contribution in [3.05, 3.63) is 77.3 Å². The molecule has 4 aromatic rings. The van der Waals surface area contributed by atoms with Gasteiger partial charge < -0.3 is 4.90 Å². The molecule has 28 heavy (non-hydrogen) atoms. The third-order valence-corrected chi connectivity index (χ3v) is 4.84. The van der Waals surface area contributed by atoms with Gasteiger partial charge in [-0.3, -0.25) is 4.79 Å². The number of rotatable bonds is 4. The van der Waals surface area contributed by atoms with E-state index in [0.29, 0.717) is 18.0 Å². The first-order valence-electron chi connectivity index (χ1n) is 9.11.